The van der Waals surface area contributed by atoms with Crippen molar-refractivity contribution in [1.29, 1.82) is 5.41 Å². The molecule has 4 aromatic rings. The van der Waals surface area contributed by atoms with Crippen LogP contribution < -0.4 is 32.3 Å². The fourth-order valence-corrected chi connectivity index (χ4v) is 4.76. The van der Waals surface area contributed by atoms with Gasteiger partial charge < -0.3 is 50.6 Å². The second-order valence-corrected chi connectivity index (χ2v) is 11.6. The van der Waals surface area contributed by atoms with Crippen LogP contribution in [-0.4, -0.2) is 60.2 Å². The molecule has 0 saturated heterocycles. The van der Waals surface area contributed by atoms with E-state index in [2.05, 4.69) is 49.1 Å². The lowest BCUT2D eigenvalue weighted by Gasteiger charge is -2.09. The van der Waals surface area contributed by atoms with Crippen molar-refractivity contribution >= 4 is 74.1 Å². The Hall–Kier alpha value is -5.84. The minimum Gasteiger partial charge on any atom is -0.388 e. The summed E-state index contributed by atoms with van der Waals surface area (Å²) in [6.45, 7) is 3.74. The molecule has 4 aromatic heterocycles. The van der Waals surface area contributed by atoms with E-state index in [-0.39, 0.29) is 52.0 Å². The molecule has 0 aliphatic carbocycles. The second-order valence-electron chi connectivity index (χ2n) is 10.6. The van der Waals surface area contributed by atoms with E-state index in [4.69, 9.17) is 11.1 Å². The highest BCUT2D eigenvalue weighted by Gasteiger charge is 2.21. The van der Waals surface area contributed by atoms with Crippen LogP contribution >= 0.6 is 15.9 Å². The topological polar surface area (TPSA) is 215 Å². The van der Waals surface area contributed by atoms with Crippen molar-refractivity contribution in [2.24, 2.45) is 33.9 Å². The maximum Gasteiger partial charge on any atom is 0.274 e. The zero-order chi connectivity index (χ0) is 34.6. The summed E-state index contributed by atoms with van der Waals surface area (Å²) in [4.78, 5) is 63.9. The van der Waals surface area contributed by atoms with E-state index < -0.39 is 23.6 Å². The van der Waals surface area contributed by atoms with Gasteiger partial charge in [-0.25, -0.2) is 0 Å². The summed E-state index contributed by atoms with van der Waals surface area (Å²) in [6, 6.07) is 6.10. The molecule has 8 N–H and O–H groups in total. The number of nitrogens with two attached hydrogens (primary N) is 1. The Balaban J connectivity index is 1.40. The van der Waals surface area contributed by atoms with Crippen molar-refractivity contribution in [2.75, 3.05) is 27.8 Å². The Morgan fingerprint density at radius 2 is 1.19 bits per heavy atom. The molecule has 16 nitrogen and oxygen atoms in total. The summed E-state index contributed by atoms with van der Waals surface area (Å²) in [5.74, 6) is -2.38. The van der Waals surface area contributed by atoms with Gasteiger partial charge in [0.05, 0.1) is 33.1 Å². The first-order chi connectivity index (χ1) is 22.1. The number of hydrogen-bond acceptors (Lipinski definition) is 6. The average Bonchev–Trinajstić information content (AvgIpc) is 3.74. The summed E-state index contributed by atoms with van der Waals surface area (Å²) < 4.78 is 6.29. The van der Waals surface area contributed by atoms with Crippen LogP contribution in [0.15, 0.2) is 60.1 Å². The summed E-state index contributed by atoms with van der Waals surface area (Å²) in [6.07, 6.45) is 6.57. The van der Waals surface area contributed by atoms with E-state index in [0.29, 0.717) is 22.8 Å². The molecule has 0 aliphatic rings. The maximum absolute atomic E-state index is 13.2. The van der Waals surface area contributed by atoms with Gasteiger partial charge in [-0.15, -0.1) is 0 Å². The van der Waals surface area contributed by atoms with Gasteiger partial charge in [-0.05, 0) is 40.2 Å². The first-order valence-corrected chi connectivity index (χ1v) is 14.8. The van der Waals surface area contributed by atoms with Crippen molar-refractivity contribution in [2.45, 2.75) is 6.42 Å². The summed E-state index contributed by atoms with van der Waals surface area (Å²) in [5, 5.41) is 20.8. The van der Waals surface area contributed by atoms with Gasteiger partial charge in [0.2, 0.25) is 0 Å². The molecule has 0 bridgehead atoms. The minimum atomic E-state index is -0.511. The van der Waals surface area contributed by atoms with Crippen molar-refractivity contribution in [3.05, 3.63) is 82.9 Å². The highest BCUT2D eigenvalue weighted by molar-refractivity contribution is 9.12. The Kier molecular flexibility index (Phi) is 10.2. The molecular formula is C30H34BrN11O5. The normalized spacial score (nSPS) is 10.7. The highest BCUT2D eigenvalue weighted by atomic mass is 79.9. The number of carbonyl (C=O) groups excluding carboxylic acids is 5. The Labute approximate surface area is 277 Å². The van der Waals surface area contributed by atoms with Gasteiger partial charge in [-0.3, -0.25) is 29.4 Å². The van der Waals surface area contributed by atoms with Crippen LogP contribution in [0.3, 0.4) is 0 Å². The second kappa shape index (κ2) is 14.1. The summed E-state index contributed by atoms with van der Waals surface area (Å²) in [5.41, 5.74) is 7.65. The molecule has 0 unspecified atom stereocenters. The van der Waals surface area contributed by atoms with Crippen molar-refractivity contribution < 1.29 is 24.0 Å². The maximum atomic E-state index is 13.2. The number of amides is 5. The Morgan fingerprint density at radius 1 is 0.745 bits per heavy atom. The molecule has 17 heteroatoms. The third-order valence-electron chi connectivity index (χ3n) is 6.95. The Morgan fingerprint density at radius 3 is 1.64 bits per heavy atom. The van der Waals surface area contributed by atoms with Gasteiger partial charge in [0.15, 0.2) is 0 Å². The van der Waals surface area contributed by atoms with Gasteiger partial charge in [0.1, 0.15) is 22.8 Å². The van der Waals surface area contributed by atoms with Crippen LogP contribution in [0.25, 0.3) is 0 Å². The molecule has 0 radical (unpaired) electrons. The number of rotatable bonds is 12. The van der Waals surface area contributed by atoms with E-state index in [1.165, 1.54) is 22.8 Å². The number of carbonyl (C=O) groups is 5. The number of nitrogens with one attached hydrogen (secondary N) is 6. The molecule has 0 spiro atoms. The first-order valence-electron chi connectivity index (χ1n) is 14.0. The van der Waals surface area contributed by atoms with Gasteiger partial charge in [-0.2, -0.15) is 0 Å². The molecule has 4 heterocycles. The monoisotopic (exact) mass is 707 g/mol. The number of halogens is 1. The number of hydrogen-bond donors (Lipinski definition) is 7. The van der Waals surface area contributed by atoms with Crippen LogP contribution in [0.4, 0.5) is 22.7 Å². The molecule has 0 aliphatic heterocycles. The number of anilines is 4. The van der Waals surface area contributed by atoms with E-state index >= 15 is 0 Å². The smallest absolute Gasteiger partial charge is 0.274 e. The number of amidine groups is 1. The molecule has 0 fully saturated rings. The SMILES string of the molecule is C=C(Br)C(=O)Nc1ccn(C)c1C(=O)Nc1cc(C(=O)Nc2cc(C(=O)Nc3cc(C(=O)NCCC(=N)N)n(C)c3)n(C)c2)n(C)c1. The summed E-state index contributed by atoms with van der Waals surface area (Å²) >= 11 is 3.01. The van der Waals surface area contributed by atoms with Gasteiger partial charge in [0, 0.05) is 65.9 Å². The van der Waals surface area contributed by atoms with E-state index in [1.807, 2.05) is 0 Å². The standard InChI is InChI=1S/C30H34BrN11O5/c1-16(31)26(43)38-20-7-9-39(2)25(20)30(47)37-19-12-23(42(5)15-19)29(46)36-18-11-22(41(4)14-18)28(45)35-17-10-21(40(3)13-17)27(44)34-8-6-24(32)33/h7,9-15H,1,6,8H2,2-5H3,(H3,32,33)(H,34,44)(H,35,45)(H,36,46)(H,37,47)(H,38,43). The van der Waals surface area contributed by atoms with Crippen LogP contribution in [-0.2, 0) is 33.0 Å². The molecule has 47 heavy (non-hydrogen) atoms. The quantitative estimate of drug-likeness (QED) is 0.0667. The van der Waals surface area contributed by atoms with E-state index in [9.17, 15) is 24.0 Å². The largest absolute Gasteiger partial charge is 0.388 e. The fraction of sp³-hybridized carbons (Fsp3) is 0.200. The van der Waals surface area contributed by atoms with E-state index in [1.54, 1.807) is 72.7 Å². The first kappa shape index (κ1) is 34.0. The molecule has 0 aromatic carbocycles. The number of aryl methyl sites for hydroxylation is 4. The van der Waals surface area contributed by atoms with Crippen LogP contribution in [0.1, 0.15) is 48.4 Å². The molecule has 0 atom stereocenters. The number of nitrogens with zero attached hydrogens (tertiary/aromatic N) is 4. The summed E-state index contributed by atoms with van der Waals surface area (Å²) in [7, 11) is 6.60. The van der Waals surface area contributed by atoms with Crippen molar-refractivity contribution in [3.8, 4) is 0 Å². The third kappa shape index (κ3) is 8.06. The predicted octanol–water partition coefficient (Wildman–Crippen LogP) is 2.70. The average molecular weight is 709 g/mol. The third-order valence-corrected chi connectivity index (χ3v) is 7.31. The molecule has 4 rings (SSSR count). The lowest BCUT2D eigenvalue weighted by atomic mass is 10.3. The van der Waals surface area contributed by atoms with Gasteiger partial charge >= 0.3 is 0 Å². The van der Waals surface area contributed by atoms with Gasteiger partial charge in [-0.1, -0.05) is 6.58 Å². The zero-order valence-corrected chi connectivity index (χ0v) is 27.6. The van der Waals surface area contributed by atoms with Crippen molar-refractivity contribution in [1.82, 2.24) is 23.6 Å². The molecular weight excluding hydrogens is 674 g/mol. The van der Waals surface area contributed by atoms with Crippen LogP contribution in [0.5, 0.6) is 0 Å². The predicted molar refractivity (Wildman–Crippen MR) is 181 cm³/mol. The lowest BCUT2D eigenvalue weighted by molar-refractivity contribution is -0.112. The molecule has 5 amide bonds. The highest BCUT2D eigenvalue weighted by Crippen LogP contribution is 2.22. The number of aromatic nitrogens is 4. The zero-order valence-electron chi connectivity index (χ0n) is 26.0. The Bertz CT molecular complexity index is 1930. The van der Waals surface area contributed by atoms with E-state index in [0.717, 1.165) is 0 Å². The minimum absolute atomic E-state index is 0.0371. The molecule has 246 valence electrons. The van der Waals surface area contributed by atoms with Crippen LogP contribution in [0.2, 0.25) is 0 Å². The van der Waals surface area contributed by atoms with Crippen LogP contribution in [0, 0.1) is 5.41 Å². The van der Waals surface area contributed by atoms with Crippen molar-refractivity contribution in [3.63, 3.8) is 0 Å². The lowest BCUT2D eigenvalue weighted by Crippen LogP contribution is -2.28. The molecule has 0 saturated carbocycles. The fourth-order valence-electron chi connectivity index (χ4n) is 4.66. The van der Waals surface area contributed by atoms with Gasteiger partial charge in [0.25, 0.3) is 29.5 Å².